The van der Waals surface area contributed by atoms with Crippen molar-refractivity contribution in [3.63, 3.8) is 0 Å². The lowest BCUT2D eigenvalue weighted by atomic mass is 9.98. The molecule has 4 rings (SSSR count). The van der Waals surface area contributed by atoms with Crippen LogP contribution in [0.1, 0.15) is 25.3 Å². The van der Waals surface area contributed by atoms with E-state index in [9.17, 15) is 0 Å². The second-order valence-corrected chi connectivity index (χ2v) is 6.58. The number of hydrogen-bond acceptors (Lipinski definition) is 0. The summed E-state index contributed by atoms with van der Waals surface area (Å²) in [5.41, 5.74) is 6.52. The Morgan fingerprint density at radius 3 is 2.09 bits per heavy atom. The Hall–Kier alpha value is -2.54. The van der Waals surface area contributed by atoms with E-state index < -0.39 is 0 Å². The summed E-state index contributed by atoms with van der Waals surface area (Å²) >= 11 is 0. The summed E-state index contributed by atoms with van der Waals surface area (Å²) in [7, 11) is 2.14. The molecular formula is C22H21N. The summed E-state index contributed by atoms with van der Waals surface area (Å²) in [5, 5.41) is 2.65. The molecule has 0 aliphatic rings. The highest BCUT2D eigenvalue weighted by Crippen LogP contribution is 2.32. The van der Waals surface area contributed by atoms with Gasteiger partial charge in [-0.1, -0.05) is 62.4 Å². The Morgan fingerprint density at radius 1 is 0.696 bits per heavy atom. The molecule has 0 saturated heterocycles. The smallest absolute Gasteiger partial charge is 0.0489 e. The minimum absolute atomic E-state index is 0.574. The molecule has 3 aromatic carbocycles. The maximum absolute atomic E-state index is 2.32. The highest BCUT2D eigenvalue weighted by molar-refractivity contribution is 6.09. The number of hydrogen-bond donors (Lipinski definition) is 0. The molecule has 1 heterocycles. The molecule has 0 saturated carbocycles. The zero-order chi connectivity index (χ0) is 16.0. The molecular weight excluding hydrogens is 278 g/mol. The quantitative estimate of drug-likeness (QED) is 0.420. The van der Waals surface area contributed by atoms with Gasteiger partial charge in [0.25, 0.3) is 0 Å². The van der Waals surface area contributed by atoms with Crippen LogP contribution in [0.25, 0.3) is 32.9 Å². The normalized spacial score (nSPS) is 11.7. The van der Waals surface area contributed by atoms with E-state index in [1.807, 2.05) is 0 Å². The third-order valence-corrected chi connectivity index (χ3v) is 4.82. The highest BCUT2D eigenvalue weighted by Gasteiger charge is 2.09. The topological polar surface area (TPSA) is 4.93 Å². The number of aromatic nitrogens is 1. The predicted octanol–water partition coefficient (Wildman–Crippen LogP) is 6.12. The van der Waals surface area contributed by atoms with Crippen molar-refractivity contribution in [1.29, 1.82) is 0 Å². The maximum Gasteiger partial charge on any atom is 0.0489 e. The van der Waals surface area contributed by atoms with E-state index in [2.05, 4.69) is 92.2 Å². The van der Waals surface area contributed by atoms with Crippen molar-refractivity contribution in [1.82, 2.24) is 4.57 Å². The number of fused-ring (bicyclic) bond motifs is 3. The molecule has 0 aliphatic heterocycles. The minimum Gasteiger partial charge on any atom is -0.344 e. The van der Waals surface area contributed by atoms with Gasteiger partial charge in [0.15, 0.2) is 0 Å². The summed E-state index contributed by atoms with van der Waals surface area (Å²) in [6, 6.07) is 24.4. The fraction of sp³-hybridized carbons (Fsp3) is 0.182. The van der Waals surface area contributed by atoms with Crippen molar-refractivity contribution in [3.8, 4) is 11.1 Å². The van der Waals surface area contributed by atoms with Crippen molar-refractivity contribution in [2.75, 3.05) is 0 Å². The van der Waals surface area contributed by atoms with E-state index in [-0.39, 0.29) is 0 Å². The van der Waals surface area contributed by atoms with Gasteiger partial charge in [-0.15, -0.1) is 0 Å². The summed E-state index contributed by atoms with van der Waals surface area (Å²) < 4.78 is 2.27. The molecule has 1 nitrogen and oxygen atoms in total. The van der Waals surface area contributed by atoms with Crippen LogP contribution >= 0.6 is 0 Å². The van der Waals surface area contributed by atoms with Crippen LogP contribution in [0.15, 0.2) is 66.7 Å². The molecule has 0 aliphatic carbocycles. The van der Waals surface area contributed by atoms with Crippen molar-refractivity contribution in [2.45, 2.75) is 19.8 Å². The van der Waals surface area contributed by atoms with Gasteiger partial charge in [-0.2, -0.15) is 0 Å². The molecule has 0 fully saturated rings. The molecule has 1 heteroatoms. The molecule has 0 amide bonds. The molecule has 114 valence electrons. The Labute approximate surface area is 137 Å². The fourth-order valence-corrected chi connectivity index (χ4v) is 3.41. The summed E-state index contributed by atoms with van der Waals surface area (Å²) in [4.78, 5) is 0. The van der Waals surface area contributed by atoms with E-state index in [0.29, 0.717) is 5.92 Å². The van der Waals surface area contributed by atoms with Gasteiger partial charge in [-0.05, 0) is 40.8 Å². The third kappa shape index (κ3) is 2.24. The molecule has 23 heavy (non-hydrogen) atoms. The van der Waals surface area contributed by atoms with Gasteiger partial charge in [-0.3, -0.25) is 0 Å². The SMILES string of the molecule is CC(C)c1ccc(-c2ccc3c(c2)c2ccccc2n3C)cc1. The maximum atomic E-state index is 2.32. The predicted molar refractivity (Wildman–Crippen MR) is 100.0 cm³/mol. The molecule has 0 radical (unpaired) electrons. The third-order valence-electron chi connectivity index (χ3n) is 4.82. The van der Waals surface area contributed by atoms with Gasteiger partial charge in [0, 0.05) is 28.9 Å². The Balaban J connectivity index is 1.90. The zero-order valence-electron chi connectivity index (χ0n) is 13.9. The molecule has 1 aromatic heterocycles. The van der Waals surface area contributed by atoms with E-state index in [0.717, 1.165) is 0 Å². The first kappa shape index (κ1) is 14.1. The van der Waals surface area contributed by atoms with Crippen molar-refractivity contribution in [2.24, 2.45) is 7.05 Å². The molecule has 0 N–H and O–H groups in total. The van der Waals surface area contributed by atoms with Crippen molar-refractivity contribution >= 4 is 21.8 Å². The standard InChI is InChI=1S/C22H21N/c1-15(2)16-8-10-17(11-9-16)18-12-13-22-20(14-18)19-6-4-5-7-21(19)23(22)3/h4-15H,1-3H3. The molecule has 0 unspecified atom stereocenters. The Morgan fingerprint density at radius 2 is 1.35 bits per heavy atom. The van der Waals surface area contributed by atoms with Crippen LogP contribution in [0.2, 0.25) is 0 Å². The van der Waals surface area contributed by atoms with Crippen LogP contribution in [-0.2, 0) is 7.05 Å². The van der Waals surface area contributed by atoms with Crippen LogP contribution in [0.3, 0.4) is 0 Å². The van der Waals surface area contributed by atoms with Gasteiger partial charge in [0.05, 0.1) is 0 Å². The van der Waals surface area contributed by atoms with E-state index >= 15 is 0 Å². The molecule has 0 atom stereocenters. The summed E-state index contributed by atoms with van der Waals surface area (Å²) in [6.07, 6.45) is 0. The van der Waals surface area contributed by atoms with Gasteiger partial charge < -0.3 is 4.57 Å². The number of aryl methyl sites for hydroxylation is 1. The summed E-state index contributed by atoms with van der Waals surface area (Å²) in [6.45, 7) is 4.47. The van der Waals surface area contributed by atoms with E-state index in [4.69, 9.17) is 0 Å². The van der Waals surface area contributed by atoms with Gasteiger partial charge in [0.1, 0.15) is 0 Å². The molecule has 0 bridgehead atoms. The Bertz CT molecular complexity index is 988. The first-order valence-electron chi connectivity index (χ1n) is 8.22. The monoisotopic (exact) mass is 299 g/mol. The number of rotatable bonds is 2. The minimum atomic E-state index is 0.574. The van der Waals surface area contributed by atoms with Crippen LogP contribution in [0.4, 0.5) is 0 Å². The van der Waals surface area contributed by atoms with Crippen LogP contribution in [-0.4, -0.2) is 4.57 Å². The van der Waals surface area contributed by atoms with E-state index in [1.165, 1.54) is 38.5 Å². The first-order valence-corrected chi connectivity index (χ1v) is 8.22. The highest BCUT2D eigenvalue weighted by atomic mass is 14.9. The summed E-state index contributed by atoms with van der Waals surface area (Å²) in [5.74, 6) is 0.574. The number of nitrogens with zero attached hydrogens (tertiary/aromatic N) is 1. The first-order chi connectivity index (χ1) is 11.1. The fourth-order valence-electron chi connectivity index (χ4n) is 3.41. The average molecular weight is 299 g/mol. The lowest BCUT2D eigenvalue weighted by Crippen LogP contribution is -1.87. The lowest BCUT2D eigenvalue weighted by Gasteiger charge is -2.07. The average Bonchev–Trinajstić information content (AvgIpc) is 2.88. The van der Waals surface area contributed by atoms with Crippen molar-refractivity contribution in [3.05, 3.63) is 72.3 Å². The Kier molecular flexibility index (Phi) is 3.23. The largest absolute Gasteiger partial charge is 0.344 e. The number of benzene rings is 3. The second-order valence-electron chi connectivity index (χ2n) is 6.58. The second kappa shape index (κ2) is 5.27. The van der Waals surface area contributed by atoms with Crippen LogP contribution in [0.5, 0.6) is 0 Å². The van der Waals surface area contributed by atoms with Crippen molar-refractivity contribution < 1.29 is 0 Å². The van der Waals surface area contributed by atoms with Crippen LogP contribution < -0.4 is 0 Å². The number of para-hydroxylation sites is 1. The molecule has 4 aromatic rings. The zero-order valence-corrected chi connectivity index (χ0v) is 13.9. The van der Waals surface area contributed by atoms with Gasteiger partial charge in [-0.25, -0.2) is 0 Å². The van der Waals surface area contributed by atoms with Gasteiger partial charge >= 0.3 is 0 Å². The van der Waals surface area contributed by atoms with Gasteiger partial charge in [0.2, 0.25) is 0 Å². The van der Waals surface area contributed by atoms with E-state index in [1.54, 1.807) is 0 Å². The van der Waals surface area contributed by atoms with Crippen LogP contribution in [0, 0.1) is 0 Å². The molecule has 0 spiro atoms. The lowest BCUT2D eigenvalue weighted by molar-refractivity contribution is 0.867.